The molecule has 16 heavy (non-hydrogen) atoms. The second kappa shape index (κ2) is 5.90. The summed E-state index contributed by atoms with van der Waals surface area (Å²) in [5.74, 6) is 1.31. The summed E-state index contributed by atoms with van der Waals surface area (Å²) in [4.78, 5) is 12.1. The second-order valence-electron chi connectivity index (χ2n) is 5.52. The van der Waals surface area contributed by atoms with Gasteiger partial charge in [-0.2, -0.15) is 0 Å². The summed E-state index contributed by atoms with van der Waals surface area (Å²) in [5, 5.41) is 3.19. The van der Waals surface area contributed by atoms with Crippen LogP contribution in [0.2, 0.25) is 0 Å². The van der Waals surface area contributed by atoms with Gasteiger partial charge in [-0.1, -0.05) is 33.6 Å². The molecule has 0 bridgehead atoms. The number of alkyl halides is 1. The average Bonchev–Trinajstić information content (AvgIpc) is 2.29. The van der Waals surface area contributed by atoms with E-state index in [0.717, 1.165) is 19.3 Å². The topological polar surface area (TPSA) is 29.1 Å². The number of hydrogen-bond donors (Lipinski definition) is 1. The van der Waals surface area contributed by atoms with E-state index in [1.165, 1.54) is 12.8 Å². The van der Waals surface area contributed by atoms with Gasteiger partial charge in [0, 0.05) is 17.3 Å². The SMILES string of the molecule is CCC(C)(C)C(=O)NC1CCCCC1CCl. The molecule has 1 aliphatic carbocycles. The molecule has 2 nitrogen and oxygen atoms in total. The zero-order chi connectivity index (χ0) is 12.2. The first kappa shape index (κ1) is 13.8. The molecular weight excluding hydrogens is 222 g/mol. The highest BCUT2D eigenvalue weighted by Gasteiger charge is 2.31. The van der Waals surface area contributed by atoms with Crippen molar-refractivity contribution >= 4 is 17.5 Å². The predicted octanol–water partition coefficient (Wildman–Crippen LogP) is 3.34. The Kier molecular flexibility index (Phi) is 5.10. The smallest absolute Gasteiger partial charge is 0.225 e. The molecule has 1 rings (SSSR count). The van der Waals surface area contributed by atoms with Crippen molar-refractivity contribution < 1.29 is 4.79 Å². The lowest BCUT2D eigenvalue weighted by Gasteiger charge is -2.33. The Labute approximate surface area is 104 Å². The van der Waals surface area contributed by atoms with E-state index < -0.39 is 0 Å². The van der Waals surface area contributed by atoms with Crippen molar-refractivity contribution in [3.63, 3.8) is 0 Å². The molecule has 1 fully saturated rings. The van der Waals surface area contributed by atoms with Crippen molar-refractivity contribution in [2.45, 2.75) is 58.9 Å². The molecule has 3 heteroatoms. The number of rotatable bonds is 4. The van der Waals surface area contributed by atoms with E-state index in [-0.39, 0.29) is 11.3 Å². The fraction of sp³-hybridized carbons (Fsp3) is 0.923. The monoisotopic (exact) mass is 245 g/mol. The molecule has 0 spiro atoms. The Morgan fingerprint density at radius 3 is 2.56 bits per heavy atom. The van der Waals surface area contributed by atoms with Crippen molar-refractivity contribution in [2.24, 2.45) is 11.3 Å². The zero-order valence-electron chi connectivity index (χ0n) is 10.7. The lowest BCUT2D eigenvalue weighted by molar-refractivity contribution is -0.130. The fourth-order valence-corrected chi connectivity index (χ4v) is 2.48. The molecule has 1 saturated carbocycles. The summed E-state index contributed by atoms with van der Waals surface area (Å²) < 4.78 is 0. The minimum absolute atomic E-state index is 0.178. The second-order valence-corrected chi connectivity index (χ2v) is 5.82. The molecule has 0 saturated heterocycles. The molecule has 1 aliphatic rings. The van der Waals surface area contributed by atoms with Crippen LogP contribution in [0.5, 0.6) is 0 Å². The van der Waals surface area contributed by atoms with Crippen molar-refractivity contribution in [3.05, 3.63) is 0 Å². The van der Waals surface area contributed by atoms with Gasteiger partial charge in [0.25, 0.3) is 0 Å². The van der Waals surface area contributed by atoms with Gasteiger partial charge in [-0.3, -0.25) is 4.79 Å². The van der Waals surface area contributed by atoms with Crippen LogP contribution in [0.25, 0.3) is 0 Å². The van der Waals surface area contributed by atoms with E-state index in [1.807, 2.05) is 13.8 Å². The molecule has 2 unspecified atom stereocenters. The van der Waals surface area contributed by atoms with E-state index >= 15 is 0 Å². The number of hydrogen-bond acceptors (Lipinski definition) is 1. The largest absolute Gasteiger partial charge is 0.353 e. The maximum atomic E-state index is 12.1. The van der Waals surface area contributed by atoms with E-state index in [1.54, 1.807) is 0 Å². The molecule has 1 N–H and O–H groups in total. The Balaban J connectivity index is 2.54. The van der Waals surface area contributed by atoms with Gasteiger partial charge < -0.3 is 5.32 Å². The zero-order valence-corrected chi connectivity index (χ0v) is 11.4. The van der Waals surface area contributed by atoms with Crippen molar-refractivity contribution in [1.82, 2.24) is 5.32 Å². The van der Waals surface area contributed by atoms with Crippen LogP contribution in [0.1, 0.15) is 52.9 Å². The van der Waals surface area contributed by atoms with Gasteiger partial charge in [0.1, 0.15) is 0 Å². The van der Waals surface area contributed by atoms with E-state index in [4.69, 9.17) is 11.6 Å². The Bertz CT molecular complexity index is 240. The highest BCUT2D eigenvalue weighted by Crippen LogP contribution is 2.27. The molecular formula is C13H24ClNO. The molecule has 0 aromatic rings. The summed E-state index contributed by atoms with van der Waals surface area (Å²) in [6, 6.07) is 0.296. The minimum Gasteiger partial charge on any atom is -0.353 e. The van der Waals surface area contributed by atoms with Gasteiger partial charge in [-0.25, -0.2) is 0 Å². The quantitative estimate of drug-likeness (QED) is 0.757. The van der Waals surface area contributed by atoms with Crippen molar-refractivity contribution in [3.8, 4) is 0 Å². The maximum Gasteiger partial charge on any atom is 0.225 e. The molecule has 1 amide bonds. The van der Waals surface area contributed by atoms with E-state index in [2.05, 4.69) is 12.2 Å². The first-order valence-electron chi connectivity index (χ1n) is 6.38. The maximum absolute atomic E-state index is 12.1. The van der Waals surface area contributed by atoms with Gasteiger partial charge in [-0.15, -0.1) is 11.6 Å². The summed E-state index contributed by atoms with van der Waals surface area (Å²) in [5.41, 5.74) is -0.256. The minimum atomic E-state index is -0.256. The summed E-state index contributed by atoms with van der Waals surface area (Å²) in [6.45, 7) is 6.06. The van der Waals surface area contributed by atoms with Crippen LogP contribution in [0.15, 0.2) is 0 Å². The standard InChI is InChI=1S/C13H24ClNO/c1-4-13(2,3)12(16)15-11-8-6-5-7-10(11)9-14/h10-11H,4-9H2,1-3H3,(H,15,16). The van der Waals surface area contributed by atoms with Crippen molar-refractivity contribution in [2.75, 3.05) is 5.88 Å². The molecule has 0 radical (unpaired) electrons. The Hall–Kier alpha value is -0.240. The highest BCUT2D eigenvalue weighted by molar-refractivity contribution is 6.18. The van der Waals surface area contributed by atoms with Gasteiger partial charge in [0.15, 0.2) is 0 Å². The lowest BCUT2D eigenvalue weighted by atomic mass is 9.83. The summed E-state index contributed by atoms with van der Waals surface area (Å²) in [6.07, 6.45) is 5.58. The molecule has 0 aliphatic heterocycles. The first-order valence-corrected chi connectivity index (χ1v) is 6.91. The third kappa shape index (κ3) is 3.38. The predicted molar refractivity (Wildman–Crippen MR) is 68.7 cm³/mol. The van der Waals surface area contributed by atoms with Gasteiger partial charge >= 0.3 is 0 Å². The Morgan fingerprint density at radius 1 is 1.38 bits per heavy atom. The number of carbonyl (C=O) groups is 1. The van der Waals surface area contributed by atoms with Crippen molar-refractivity contribution in [1.29, 1.82) is 0 Å². The number of halogens is 1. The molecule has 2 atom stereocenters. The van der Waals surface area contributed by atoms with Crippen LogP contribution in [0.3, 0.4) is 0 Å². The summed E-state index contributed by atoms with van der Waals surface area (Å²) in [7, 11) is 0. The van der Waals surface area contributed by atoms with E-state index in [9.17, 15) is 4.79 Å². The van der Waals surface area contributed by atoms with Gasteiger partial charge in [-0.05, 0) is 25.2 Å². The van der Waals surface area contributed by atoms with Gasteiger partial charge in [0.2, 0.25) is 5.91 Å². The fourth-order valence-electron chi connectivity index (χ4n) is 2.11. The third-order valence-electron chi connectivity index (χ3n) is 3.92. The number of nitrogens with one attached hydrogen (secondary N) is 1. The average molecular weight is 246 g/mol. The van der Waals surface area contributed by atoms with Crippen LogP contribution in [0.4, 0.5) is 0 Å². The third-order valence-corrected chi connectivity index (χ3v) is 4.32. The lowest BCUT2D eigenvalue weighted by Crippen LogP contribution is -2.47. The van der Waals surface area contributed by atoms with Crippen LogP contribution >= 0.6 is 11.6 Å². The normalized spacial score (nSPS) is 26.5. The molecule has 0 aromatic carbocycles. The van der Waals surface area contributed by atoms with Crippen LogP contribution in [-0.4, -0.2) is 17.8 Å². The Morgan fingerprint density at radius 2 is 2.00 bits per heavy atom. The van der Waals surface area contributed by atoms with Crippen LogP contribution in [0, 0.1) is 11.3 Å². The molecule has 94 valence electrons. The number of carbonyl (C=O) groups excluding carboxylic acids is 1. The van der Waals surface area contributed by atoms with Crippen LogP contribution in [-0.2, 0) is 4.79 Å². The first-order chi connectivity index (χ1) is 7.51. The molecule has 0 heterocycles. The van der Waals surface area contributed by atoms with Gasteiger partial charge in [0.05, 0.1) is 0 Å². The summed E-state index contributed by atoms with van der Waals surface area (Å²) >= 11 is 5.96. The van der Waals surface area contributed by atoms with Crippen LogP contribution < -0.4 is 5.32 Å². The van der Waals surface area contributed by atoms with E-state index in [0.29, 0.717) is 17.8 Å². The highest BCUT2D eigenvalue weighted by atomic mass is 35.5. The molecule has 0 aromatic heterocycles. The number of amides is 1.